The summed E-state index contributed by atoms with van der Waals surface area (Å²) < 4.78 is 0. The third-order valence-corrected chi connectivity index (χ3v) is 2.78. The van der Waals surface area contributed by atoms with Gasteiger partial charge in [-0.3, -0.25) is 0 Å². The number of nitrogens with zero attached hydrogens (tertiary/aromatic N) is 3. The smallest absolute Gasteiger partial charge is 0.358 e. The van der Waals surface area contributed by atoms with Crippen LogP contribution >= 0.6 is 0 Å². The van der Waals surface area contributed by atoms with Gasteiger partial charge in [-0.25, -0.2) is 4.79 Å². The Hall–Kier alpha value is -2.17. The Balaban J connectivity index is 2.62. The summed E-state index contributed by atoms with van der Waals surface area (Å²) in [7, 11) is 0. The quantitative estimate of drug-likeness (QED) is 0.900. The average Bonchev–Trinajstić information content (AvgIpc) is 2.73. The van der Waals surface area contributed by atoms with Crippen LogP contribution in [0.4, 0.5) is 0 Å². The molecule has 2 aromatic rings. The van der Waals surface area contributed by atoms with E-state index in [2.05, 4.69) is 10.2 Å². The van der Waals surface area contributed by atoms with E-state index in [0.29, 0.717) is 12.2 Å². The zero-order valence-corrected chi connectivity index (χ0v) is 10.6. The second-order valence-corrected chi connectivity index (χ2v) is 4.21. The standard InChI is InChI=1S/C13H15N3O2/c1-4-16-14-11(12(15-16)13(17)18)10-6-5-8(2)7-9(10)3/h5-7H,4H2,1-3H3,(H,17,18). The van der Waals surface area contributed by atoms with E-state index >= 15 is 0 Å². The molecule has 1 heterocycles. The van der Waals surface area contributed by atoms with Crippen molar-refractivity contribution in [1.82, 2.24) is 15.0 Å². The first kappa shape index (κ1) is 12.3. The van der Waals surface area contributed by atoms with Gasteiger partial charge in [-0.05, 0) is 26.3 Å². The van der Waals surface area contributed by atoms with Crippen molar-refractivity contribution in [3.8, 4) is 11.3 Å². The SMILES string of the molecule is CCn1nc(C(=O)O)c(-c2ccc(C)cc2C)n1. The summed E-state index contributed by atoms with van der Waals surface area (Å²) in [6, 6.07) is 5.84. The van der Waals surface area contributed by atoms with Crippen molar-refractivity contribution in [2.75, 3.05) is 0 Å². The molecule has 0 spiro atoms. The predicted molar refractivity (Wildman–Crippen MR) is 67.6 cm³/mol. The topological polar surface area (TPSA) is 68.0 Å². The molecule has 18 heavy (non-hydrogen) atoms. The van der Waals surface area contributed by atoms with E-state index in [0.717, 1.165) is 16.7 Å². The number of benzene rings is 1. The third-order valence-electron chi connectivity index (χ3n) is 2.78. The summed E-state index contributed by atoms with van der Waals surface area (Å²) in [5.41, 5.74) is 3.39. The minimum absolute atomic E-state index is 0.00352. The monoisotopic (exact) mass is 245 g/mol. The van der Waals surface area contributed by atoms with Gasteiger partial charge < -0.3 is 5.11 Å². The molecule has 0 radical (unpaired) electrons. The maximum Gasteiger partial charge on any atom is 0.358 e. The van der Waals surface area contributed by atoms with Gasteiger partial charge in [-0.2, -0.15) is 9.90 Å². The fourth-order valence-electron chi connectivity index (χ4n) is 1.89. The number of hydrogen-bond acceptors (Lipinski definition) is 3. The van der Waals surface area contributed by atoms with Crippen molar-refractivity contribution in [3.63, 3.8) is 0 Å². The average molecular weight is 245 g/mol. The van der Waals surface area contributed by atoms with Crippen LogP contribution in [0, 0.1) is 13.8 Å². The highest BCUT2D eigenvalue weighted by Gasteiger charge is 2.20. The summed E-state index contributed by atoms with van der Waals surface area (Å²) in [4.78, 5) is 12.6. The molecule has 5 nitrogen and oxygen atoms in total. The van der Waals surface area contributed by atoms with E-state index in [4.69, 9.17) is 5.11 Å². The van der Waals surface area contributed by atoms with Gasteiger partial charge in [0.25, 0.3) is 0 Å². The molecule has 0 bridgehead atoms. The Morgan fingerprint density at radius 2 is 2.06 bits per heavy atom. The number of hydrogen-bond donors (Lipinski definition) is 1. The molecule has 0 saturated carbocycles. The molecule has 5 heteroatoms. The number of carboxylic acids is 1. The lowest BCUT2D eigenvalue weighted by Gasteiger charge is -2.04. The second kappa shape index (κ2) is 4.60. The van der Waals surface area contributed by atoms with E-state index < -0.39 is 5.97 Å². The molecular formula is C13H15N3O2. The molecule has 1 aromatic heterocycles. The number of aryl methyl sites for hydroxylation is 3. The van der Waals surface area contributed by atoms with Crippen molar-refractivity contribution in [3.05, 3.63) is 35.0 Å². The maximum absolute atomic E-state index is 11.2. The van der Waals surface area contributed by atoms with Gasteiger partial charge in [0.2, 0.25) is 0 Å². The first-order chi connectivity index (χ1) is 8.52. The lowest BCUT2D eigenvalue weighted by atomic mass is 10.0. The van der Waals surface area contributed by atoms with E-state index in [9.17, 15) is 4.79 Å². The molecule has 0 saturated heterocycles. The lowest BCUT2D eigenvalue weighted by Crippen LogP contribution is -2.02. The number of carboxylic acid groups (broad SMARTS) is 1. The zero-order chi connectivity index (χ0) is 13.3. The third kappa shape index (κ3) is 2.11. The molecule has 0 aliphatic heterocycles. The van der Waals surface area contributed by atoms with Crippen LogP contribution in [0.1, 0.15) is 28.5 Å². The summed E-state index contributed by atoms with van der Waals surface area (Å²) in [6.45, 7) is 6.36. The highest BCUT2D eigenvalue weighted by atomic mass is 16.4. The first-order valence-corrected chi connectivity index (χ1v) is 5.79. The molecule has 0 aliphatic rings. The van der Waals surface area contributed by atoms with Gasteiger partial charge in [-0.15, -0.1) is 5.10 Å². The Labute approximate surface area is 105 Å². The van der Waals surface area contributed by atoms with Crippen LogP contribution in [0.5, 0.6) is 0 Å². The molecule has 2 rings (SSSR count). The fourth-order valence-corrected chi connectivity index (χ4v) is 1.89. The van der Waals surface area contributed by atoms with Gasteiger partial charge in [0.1, 0.15) is 5.69 Å². The van der Waals surface area contributed by atoms with Crippen LogP contribution in [0.25, 0.3) is 11.3 Å². The van der Waals surface area contributed by atoms with Crippen LogP contribution in [-0.2, 0) is 6.54 Å². The van der Waals surface area contributed by atoms with Crippen LogP contribution in [0.3, 0.4) is 0 Å². The zero-order valence-electron chi connectivity index (χ0n) is 10.6. The molecule has 1 N–H and O–H groups in total. The molecule has 0 fully saturated rings. The summed E-state index contributed by atoms with van der Waals surface area (Å²) in [5.74, 6) is -1.05. The number of rotatable bonds is 3. The number of aromatic nitrogens is 3. The van der Waals surface area contributed by atoms with Crippen molar-refractivity contribution in [1.29, 1.82) is 0 Å². The van der Waals surface area contributed by atoms with Gasteiger partial charge in [0.05, 0.1) is 6.54 Å². The molecule has 0 unspecified atom stereocenters. The highest BCUT2D eigenvalue weighted by Crippen LogP contribution is 2.25. The minimum Gasteiger partial charge on any atom is -0.476 e. The van der Waals surface area contributed by atoms with Crippen molar-refractivity contribution in [2.45, 2.75) is 27.3 Å². The Kier molecular flexibility index (Phi) is 3.14. The summed E-state index contributed by atoms with van der Waals surface area (Å²) >= 11 is 0. The van der Waals surface area contributed by atoms with Crippen molar-refractivity contribution >= 4 is 5.97 Å². The van der Waals surface area contributed by atoms with Crippen LogP contribution < -0.4 is 0 Å². The predicted octanol–water partition coefficient (Wildman–Crippen LogP) is 2.28. The molecule has 0 aliphatic carbocycles. The van der Waals surface area contributed by atoms with E-state index in [-0.39, 0.29) is 5.69 Å². The van der Waals surface area contributed by atoms with Crippen LogP contribution in [0.15, 0.2) is 18.2 Å². The van der Waals surface area contributed by atoms with Gasteiger partial charge >= 0.3 is 5.97 Å². The Morgan fingerprint density at radius 1 is 1.33 bits per heavy atom. The van der Waals surface area contributed by atoms with Gasteiger partial charge in [0, 0.05) is 5.56 Å². The highest BCUT2D eigenvalue weighted by molar-refractivity contribution is 5.92. The Morgan fingerprint density at radius 3 is 2.61 bits per heavy atom. The number of aromatic carboxylic acids is 1. The van der Waals surface area contributed by atoms with E-state index in [1.807, 2.05) is 39.0 Å². The molecule has 94 valence electrons. The first-order valence-electron chi connectivity index (χ1n) is 5.79. The number of carbonyl (C=O) groups is 1. The van der Waals surface area contributed by atoms with E-state index in [1.165, 1.54) is 4.80 Å². The van der Waals surface area contributed by atoms with Crippen LogP contribution in [0.2, 0.25) is 0 Å². The van der Waals surface area contributed by atoms with Crippen molar-refractivity contribution < 1.29 is 9.90 Å². The van der Waals surface area contributed by atoms with Gasteiger partial charge in [0.15, 0.2) is 5.69 Å². The summed E-state index contributed by atoms with van der Waals surface area (Å²) in [6.07, 6.45) is 0. The van der Waals surface area contributed by atoms with E-state index in [1.54, 1.807) is 0 Å². The molecule has 1 aromatic carbocycles. The minimum atomic E-state index is -1.05. The summed E-state index contributed by atoms with van der Waals surface area (Å²) in [5, 5.41) is 17.4. The normalized spacial score (nSPS) is 10.6. The second-order valence-electron chi connectivity index (χ2n) is 4.21. The lowest BCUT2D eigenvalue weighted by molar-refractivity contribution is 0.0690. The van der Waals surface area contributed by atoms with Crippen molar-refractivity contribution in [2.24, 2.45) is 0 Å². The van der Waals surface area contributed by atoms with Gasteiger partial charge in [-0.1, -0.05) is 23.8 Å². The maximum atomic E-state index is 11.2. The fraction of sp³-hybridized carbons (Fsp3) is 0.308. The van der Waals surface area contributed by atoms with Crippen LogP contribution in [-0.4, -0.2) is 26.1 Å². The molecular weight excluding hydrogens is 230 g/mol. The Bertz CT molecular complexity index is 602. The molecule has 0 atom stereocenters. The molecule has 0 amide bonds. The largest absolute Gasteiger partial charge is 0.476 e.